The van der Waals surface area contributed by atoms with Gasteiger partial charge in [0.2, 0.25) is 0 Å². The van der Waals surface area contributed by atoms with Crippen LogP contribution in [0.5, 0.6) is 5.75 Å². The van der Waals surface area contributed by atoms with E-state index in [0.29, 0.717) is 5.75 Å². The third-order valence-electron chi connectivity index (χ3n) is 2.50. The first-order valence-electron chi connectivity index (χ1n) is 5.06. The van der Waals surface area contributed by atoms with E-state index in [4.69, 9.17) is 4.18 Å². The lowest BCUT2D eigenvalue weighted by atomic mass is 10.1. The van der Waals surface area contributed by atoms with Crippen molar-refractivity contribution in [3.8, 4) is 5.75 Å². The van der Waals surface area contributed by atoms with E-state index in [-0.39, 0.29) is 0 Å². The summed E-state index contributed by atoms with van der Waals surface area (Å²) in [6, 6.07) is 11.0. The Bertz CT molecular complexity index is 569. The number of hydrogen-bond acceptors (Lipinski definition) is 4. The van der Waals surface area contributed by atoms with Crippen LogP contribution >= 0.6 is 0 Å². The van der Waals surface area contributed by atoms with Crippen LogP contribution in [0.2, 0.25) is 0 Å². The van der Waals surface area contributed by atoms with Crippen LogP contribution in [-0.4, -0.2) is 22.9 Å². The fraction of sp³-hybridized carbons (Fsp3) is 0.167. The molecule has 0 saturated carbocycles. The smallest absolute Gasteiger partial charge is 0.147 e. The lowest BCUT2D eigenvalue weighted by Crippen LogP contribution is -2.09. The van der Waals surface area contributed by atoms with Gasteiger partial charge in [-0.15, -0.1) is 0 Å². The van der Waals surface area contributed by atoms with Gasteiger partial charge in [-0.05, 0) is 12.1 Å². The van der Waals surface area contributed by atoms with Crippen LogP contribution in [-0.2, 0) is 11.4 Å². The normalized spacial score (nSPS) is 12.4. The Labute approximate surface area is 102 Å². The lowest BCUT2D eigenvalue weighted by molar-refractivity contribution is 0.442. The third kappa shape index (κ3) is 2.40. The van der Waals surface area contributed by atoms with Gasteiger partial charge in [0.15, 0.2) is 0 Å². The third-order valence-corrected chi connectivity index (χ3v) is 2.81. The van der Waals surface area contributed by atoms with E-state index < -0.39 is 11.4 Å². The van der Waals surface area contributed by atoms with Gasteiger partial charge in [-0.3, -0.25) is 0 Å². The van der Waals surface area contributed by atoms with Gasteiger partial charge in [0.05, 0.1) is 0 Å². The van der Waals surface area contributed by atoms with E-state index in [1.807, 2.05) is 43.3 Å². The second-order valence-corrected chi connectivity index (χ2v) is 4.39. The van der Waals surface area contributed by atoms with Gasteiger partial charge in [0.25, 0.3) is 0 Å². The van der Waals surface area contributed by atoms with Gasteiger partial charge >= 0.3 is 0 Å². The molecule has 5 heteroatoms. The van der Waals surface area contributed by atoms with Crippen molar-refractivity contribution in [1.82, 2.24) is 0 Å². The SMILES string of the molecule is CN(C)c1cccc2c(OS(=O)[O-])cccc12. The summed E-state index contributed by atoms with van der Waals surface area (Å²) in [5.41, 5.74) is 1.02. The van der Waals surface area contributed by atoms with Crippen LogP contribution in [0.1, 0.15) is 0 Å². The first kappa shape index (κ1) is 11.9. The molecule has 90 valence electrons. The summed E-state index contributed by atoms with van der Waals surface area (Å²) in [6.07, 6.45) is 0. The van der Waals surface area contributed by atoms with Gasteiger partial charge in [-0.25, -0.2) is 4.21 Å². The molecule has 2 aromatic carbocycles. The van der Waals surface area contributed by atoms with E-state index >= 15 is 0 Å². The zero-order valence-corrected chi connectivity index (χ0v) is 10.4. The maximum atomic E-state index is 10.6. The summed E-state index contributed by atoms with van der Waals surface area (Å²) in [7, 11) is 3.88. The maximum absolute atomic E-state index is 10.6. The predicted molar refractivity (Wildman–Crippen MR) is 67.8 cm³/mol. The molecule has 2 rings (SSSR count). The molecule has 0 heterocycles. The molecule has 0 spiro atoms. The highest BCUT2D eigenvalue weighted by molar-refractivity contribution is 7.74. The Kier molecular flexibility index (Phi) is 3.31. The highest BCUT2D eigenvalue weighted by atomic mass is 32.2. The number of nitrogens with zero attached hydrogens (tertiary/aromatic N) is 1. The van der Waals surface area contributed by atoms with Gasteiger partial charge in [0, 0.05) is 30.6 Å². The minimum atomic E-state index is -2.55. The van der Waals surface area contributed by atoms with Crippen molar-refractivity contribution in [2.75, 3.05) is 19.0 Å². The molecule has 2 aromatic rings. The summed E-state index contributed by atoms with van der Waals surface area (Å²) in [4.78, 5) is 1.97. The molecular weight excluding hydrogens is 238 g/mol. The molecule has 0 fully saturated rings. The first-order valence-corrected chi connectivity index (χ1v) is 6.06. The van der Waals surface area contributed by atoms with Crippen LogP contribution in [0.4, 0.5) is 5.69 Å². The first-order chi connectivity index (χ1) is 8.09. The Morgan fingerprint density at radius 3 is 2.41 bits per heavy atom. The van der Waals surface area contributed by atoms with Crippen molar-refractivity contribution in [2.45, 2.75) is 0 Å². The Morgan fingerprint density at radius 2 is 1.76 bits per heavy atom. The highest BCUT2D eigenvalue weighted by Gasteiger charge is 2.07. The number of hydrogen-bond donors (Lipinski definition) is 0. The maximum Gasteiger partial charge on any atom is 0.147 e. The monoisotopic (exact) mass is 250 g/mol. The van der Waals surface area contributed by atoms with Crippen molar-refractivity contribution in [1.29, 1.82) is 0 Å². The fourth-order valence-corrected chi connectivity index (χ4v) is 2.09. The minimum absolute atomic E-state index is 0.347. The lowest BCUT2D eigenvalue weighted by Gasteiger charge is -2.17. The predicted octanol–water partition coefficient (Wildman–Crippen LogP) is 2.08. The molecule has 0 bridgehead atoms. The van der Waals surface area contributed by atoms with Crippen molar-refractivity contribution in [3.05, 3.63) is 36.4 Å². The Morgan fingerprint density at radius 1 is 1.12 bits per heavy atom. The molecule has 0 aliphatic heterocycles. The largest absolute Gasteiger partial charge is 0.740 e. The molecule has 0 N–H and O–H groups in total. The minimum Gasteiger partial charge on any atom is -0.740 e. The number of benzene rings is 2. The average molecular weight is 250 g/mol. The summed E-state index contributed by atoms with van der Waals surface area (Å²) in [5.74, 6) is 0.347. The molecular formula is C12H12NO3S-. The number of fused-ring (bicyclic) bond motifs is 1. The van der Waals surface area contributed by atoms with Crippen molar-refractivity contribution < 1.29 is 12.9 Å². The molecule has 0 saturated heterocycles. The zero-order valence-electron chi connectivity index (χ0n) is 9.54. The second kappa shape index (κ2) is 4.73. The quantitative estimate of drug-likeness (QED) is 0.783. The average Bonchev–Trinajstić information content (AvgIpc) is 2.28. The van der Waals surface area contributed by atoms with Crippen molar-refractivity contribution >= 4 is 27.8 Å². The van der Waals surface area contributed by atoms with Crippen LogP contribution < -0.4 is 9.08 Å². The van der Waals surface area contributed by atoms with E-state index in [1.54, 1.807) is 12.1 Å². The molecule has 0 radical (unpaired) electrons. The van der Waals surface area contributed by atoms with Crippen molar-refractivity contribution in [3.63, 3.8) is 0 Å². The van der Waals surface area contributed by atoms with E-state index in [2.05, 4.69) is 0 Å². The summed E-state index contributed by atoms with van der Waals surface area (Å²) < 4.78 is 26.0. The summed E-state index contributed by atoms with van der Waals surface area (Å²) in [5, 5.41) is 1.74. The molecule has 4 nitrogen and oxygen atoms in total. The topological polar surface area (TPSA) is 52.6 Å². The molecule has 17 heavy (non-hydrogen) atoms. The zero-order chi connectivity index (χ0) is 12.4. The van der Waals surface area contributed by atoms with Gasteiger partial charge in [-0.1, -0.05) is 24.3 Å². The van der Waals surface area contributed by atoms with Crippen LogP contribution in [0.15, 0.2) is 36.4 Å². The van der Waals surface area contributed by atoms with Gasteiger partial charge in [0.1, 0.15) is 17.1 Å². The molecule has 0 aliphatic rings. The number of rotatable bonds is 3. The summed E-state index contributed by atoms with van der Waals surface area (Å²) >= 11 is -2.55. The molecule has 0 aliphatic carbocycles. The van der Waals surface area contributed by atoms with Gasteiger partial charge < -0.3 is 13.6 Å². The Balaban J connectivity index is 2.65. The van der Waals surface area contributed by atoms with Crippen LogP contribution in [0.3, 0.4) is 0 Å². The highest BCUT2D eigenvalue weighted by Crippen LogP contribution is 2.32. The molecule has 1 unspecified atom stereocenters. The summed E-state index contributed by atoms with van der Waals surface area (Å²) in [6.45, 7) is 0. The standard InChI is InChI=1S/C12H13NO3S/c1-13(2)11-7-3-6-10-9(11)5-4-8-12(10)16-17(14)15/h3-8H,1-2H3,(H,14,15)/p-1. The van der Waals surface area contributed by atoms with Gasteiger partial charge in [-0.2, -0.15) is 0 Å². The van der Waals surface area contributed by atoms with E-state index in [9.17, 15) is 8.76 Å². The second-order valence-electron chi connectivity index (χ2n) is 3.81. The van der Waals surface area contributed by atoms with Crippen molar-refractivity contribution in [2.24, 2.45) is 0 Å². The molecule has 0 amide bonds. The molecule has 1 atom stereocenters. The van der Waals surface area contributed by atoms with E-state index in [1.165, 1.54) is 0 Å². The van der Waals surface area contributed by atoms with E-state index in [0.717, 1.165) is 16.5 Å². The van der Waals surface area contributed by atoms with Crippen LogP contribution in [0.25, 0.3) is 10.8 Å². The number of anilines is 1. The molecule has 0 aromatic heterocycles. The fourth-order valence-electron chi connectivity index (χ4n) is 1.80. The van der Waals surface area contributed by atoms with Crippen LogP contribution in [0, 0.1) is 0 Å². The Hall–Kier alpha value is -1.59.